The van der Waals surface area contributed by atoms with Crippen LogP contribution in [0.4, 0.5) is 0 Å². The van der Waals surface area contributed by atoms with Gasteiger partial charge in [-0.25, -0.2) is 0 Å². The number of hydrogen-bond acceptors (Lipinski definition) is 4. The fraction of sp³-hybridized carbons (Fsp3) is 0.667. The van der Waals surface area contributed by atoms with Crippen LogP contribution in [0.25, 0.3) is 0 Å². The number of aliphatic hydroxyl groups is 3. The van der Waals surface area contributed by atoms with E-state index in [0.29, 0.717) is 22.4 Å². The summed E-state index contributed by atoms with van der Waals surface area (Å²) in [5, 5.41) is 31.4. The molecule has 0 atom stereocenters. The Hall–Kier alpha value is -1.10. The minimum atomic E-state index is -1.16. The Morgan fingerprint density at radius 3 is 1.36 bits per heavy atom. The first kappa shape index (κ1) is 18.9. The van der Waals surface area contributed by atoms with Crippen molar-refractivity contribution in [3.63, 3.8) is 0 Å². The predicted octanol–water partition coefficient (Wildman–Crippen LogP) is 3.16. The van der Waals surface area contributed by atoms with Crippen molar-refractivity contribution in [1.29, 1.82) is 0 Å². The summed E-state index contributed by atoms with van der Waals surface area (Å²) in [5.74, 6) is 0.475. The molecule has 3 N–H and O–H groups in total. The molecule has 0 heterocycles. The monoisotopic (exact) mass is 310 g/mol. The SMILES string of the molecule is CC(C)Oc1c(C(C)(C)O)cc(C(C)(C)O)cc1C(C)(C)O. The minimum absolute atomic E-state index is 0.102. The molecule has 0 aliphatic heterocycles. The van der Waals surface area contributed by atoms with Crippen LogP contribution >= 0.6 is 0 Å². The normalized spacial score (nSPS) is 13.6. The van der Waals surface area contributed by atoms with E-state index in [1.807, 2.05) is 13.8 Å². The van der Waals surface area contributed by atoms with Gasteiger partial charge in [0.25, 0.3) is 0 Å². The number of rotatable bonds is 5. The van der Waals surface area contributed by atoms with Crippen LogP contribution in [0.3, 0.4) is 0 Å². The van der Waals surface area contributed by atoms with Crippen LogP contribution in [-0.2, 0) is 16.8 Å². The van der Waals surface area contributed by atoms with Gasteiger partial charge in [0, 0.05) is 11.1 Å². The summed E-state index contributed by atoms with van der Waals surface area (Å²) in [4.78, 5) is 0. The van der Waals surface area contributed by atoms with E-state index in [0.717, 1.165) is 0 Å². The Bertz CT molecular complexity index is 490. The molecule has 0 unspecified atom stereocenters. The number of hydrogen-bond donors (Lipinski definition) is 3. The maximum absolute atomic E-state index is 10.5. The van der Waals surface area contributed by atoms with E-state index in [2.05, 4.69) is 0 Å². The van der Waals surface area contributed by atoms with Crippen molar-refractivity contribution in [2.24, 2.45) is 0 Å². The molecule has 1 aromatic rings. The summed E-state index contributed by atoms with van der Waals surface area (Å²) in [6.45, 7) is 13.8. The van der Waals surface area contributed by atoms with E-state index in [-0.39, 0.29) is 6.10 Å². The zero-order valence-corrected chi connectivity index (χ0v) is 15.0. The molecular formula is C18H30O4. The van der Waals surface area contributed by atoms with Gasteiger partial charge in [0.1, 0.15) is 5.75 Å². The van der Waals surface area contributed by atoms with Gasteiger partial charge in [0.15, 0.2) is 0 Å². The zero-order valence-electron chi connectivity index (χ0n) is 15.0. The molecule has 4 nitrogen and oxygen atoms in total. The average molecular weight is 310 g/mol. The fourth-order valence-electron chi connectivity index (χ4n) is 2.25. The average Bonchev–Trinajstić information content (AvgIpc) is 2.23. The Morgan fingerprint density at radius 1 is 0.773 bits per heavy atom. The minimum Gasteiger partial charge on any atom is -0.490 e. The van der Waals surface area contributed by atoms with Gasteiger partial charge in [-0.05, 0) is 73.1 Å². The van der Waals surface area contributed by atoms with Crippen molar-refractivity contribution in [2.45, 2.75) is 78.3 Å². The second-order valence-electron chi connectivity index (χ2n) is 7.74. The highest BCUT2D eigenvalue weighted by molar-refractivity contribution is 5.50. The van der Waals surface area contributed by atoms with Crippen molar-refractivity contribution in [3.8, 4) is 5.75 Å². The molecule has 0 radical (unpaired) electrons. The smallest absolute Gasteiger partial charge is 0.131 e. The first-order chi connectivity index (χ1) is 9.64. The summed E-state index contributed by atoms with van der Waals surface area (Å²) in [5.41, 5.74) is -1.68. The molecule has 0 fully saturated rings. The second-order valence-corrected chi connectivity index (χ2v) is 7.74. The number of ether oxygens (including phenoxy) is 1. The molecule has 0 saturated heterocycles. The Balaban J connectivity index is 3.78. The van der Waals surface area contributed by atoms with Crippen molar-refractivity contribution >= 4 is 0 Å². The third-order valence-electron chi connectivity index (χ3n) is 3.47. The molecule has 22 heavy (non-hydrogen) atoms. The maximum atomic E-state index is 10.5. The predicted molar refractivity (Wildman–Crippen MR) is 87.9 cm³/mol. The first-order valence-corrected chi connectivity index (χ1v) is 7.67. The highest BCUT2D eigenvalue weighted by Gasteiger charge is 2.32. The van der Waals surface area contributed by atoms with E-state index >= 15 is 0 Å². The summed E-state index contributed by atoms with van der Waals surface area (Å²) in [6.07, 6.45) is -0.102. The van der Waals surface area contributed by atoms with Gasteiger partial charge >= 0.3 is 0 Å². The standard InChI is InChI=1S/C18H30O4/c1-11(2)22-15-13(17(5,6)20)9-12(16(3,4)19)10-14(15)18(7,8)21/h9-11,19-21H,1-8H3. The van der Waals surface area contributed by atoms with Crippen molar-refractivity contribution in [3.05, 3.63) is 28.8 Å². The molecule has 4 heteroatoms. The van der Waals surface area contributed by atoms with Gasteiger partial charge in [-0.15, -0.1) is 0 Å². The van der Waals surface area contributed by atoms with Crippen LogP contribution in [-0.4, -0.2) is 21.4 Å². The van der Waals surface area contributed by atoms with E-state index in [4.69, 9.17) is 4.74 Å². The first-order valence-electron chi connectivity index (χ1n) is 7.67. The third kappa shape index (κ3) is 4.45. The lowest BCUT2D eigenvalue weighted by Crippen LogP contribution is -2.27. The molecule has 0 aromatic heterocycles. The molecule has 0 spiro atoms. The second kappa shape index (κ2) is 5.84. The summed E-state index contributed by atoms with van der Waals surface area (Å²) < 4.78 is 5.90. The molecule has 0 aliphatic rings. The van der Waals surface area contributed by atoms with E-state index < -0.39 is 16.8 Å². The molecule has 126 valence electrons. The molecule has 0 amide bonds. The van der Waals surface area contributed by atoms with E-state index in [1.165, 1.54) is 0 Å². The van der Waals surface area contributed by atoms with Crippen LogP contribution in [0.15, 0.2) is 12.1 Å². The molecule has 0 saturated carbocycles. The number of benzene rings is 1. The summed E-state index contributed by atoms with van der Waals surface area (Å²) >= 11 is 0. The molecule has 1 aromatic carbocycles. The van der Waals surface area contributed by atoms with Gasteiger partial charge in [-0.1, -0.05) is 0 Å². The quantitative estimate of drug-likeness (QED) is 0.781. The van der Waals surface area contributed by atoms with E-state index in [9.17, 15) is 15.3 Å². The molecular weight excluding hydrogens is 280 g/mol. The highest BCUT2D eigenvalue weighted by Crippen LogP contribution is 2.41. The van der Waals surface area contributed by atoms with Crippen molar-refractivity contribution in [1.82, 2.24) is 0 Å². The van der Waals surface area contributed by atoms with Gasteiger partial charge in [0.2, 0.25) is 0 Å². The molecule has 0 bridgehead atoms. The van der Waals surface area contributed by atoms with E-state index in [1.54, 1.807) is 53.7 Å². The summed E-state index contributed by atoms with van der Waals surface area (Å²) in [7, 11) is 0. The largest absolute Gasteiger partial charge is 0.490 e. The summed E-state index contributed by atoms with van der Waals surface area (Å²) in [6, 6.07) is 3.49. The van der Waals surface area contributed by atoms with Gasteiger partial charge in [-0.3, -0.25) is 0 Å². The van der Waals surface area contributed by atoms with Gasteiger partial charge < -0.3 is 20.1 Å². The maximum Gasteiger partial charge on any atom is 0.131 e. The molecule has 1 rings (SSSR count). The lowest BCUT2D eigenvalue weighted by molar-refractivity contribution is 0.0572. The Labute approximate surface area is 133 Å². The lowest BCUT2D eigenvalue weighted by Gasteiger charge is -2.32. The van der Waals surface area contributed by atoms with Crippen LogP contribution in [0.1, 0.15) is 72.1 Å². The topological polar surface area (TPSA) is 69.9 Å². The lowest BCUT2D eigenvalue weighted by atomic mass is 9.84. The van der Waals surface area contributed by atoms with Crippen molar-refractivity contribution < 1.29 is 20.1 Å². The van der Waals surface area contributed by atoms with Crippen LogP contribution in [0.2, 0.25) is 0 Å². The zero-order chi connectivity index (χ0) is 17.5. The fourth-order valence-corrected chi connectivity index (χ4v) is 2.25. The van der Waals surface area contributed by atoms with Crippen LogP contribution < -0.4 is 4.74 Å². The highest BCUT2D eigenvalue weighted by atomic mass is 16.5. The third-order valence-corrected chi connectivity index (χ3v) is 3.47. The van der Waals surface area contributed by atoms with Crippen LogP contribution in [0.5, 0.6) is 5.75 Å². The Kier molecular flexibility index (Phi) is 5.03. The van der Waals surface area contributed by atoms with Crippen molar-refractivity contribution in [2.75, 3.05) is 0 Å². The van der Waals surface area contributed by atoms with Crippen LogP contribution in [0, 0.1) is 0 Å². The Morgan fingerprint density at radius 2 is 1.14 bits per heavy atom. The van der Waals surface area contributed by atoms with Gasteiger partial charge in [-0.2, -0.15) is 0 Å². The van der Waals surface area contributed by atoms with Gasteiger partial charge in [0.05, 0.1) is 22.9 Å². The molecule has 0 aliphatic carbocycles.